The van der Waals surface area contributed by atoms with Gasteiger partial charge in [0, 0.05) is 67.4 Å². The number of hydrogen-bond acceptors (Lipinski definition) is 9. The molecule has 1 atom stereocenters. The molecule has 3 aromatic rings. The van der Waals surface area contributed by atoms with Crippen LogP contribution in [-0.4, -0.2) is 52.0 Å². The Bertz CT molecular complexity index is 1340. The first-order valence-corrected chi connectivity index (χ1v) is 14.6. The van der Waals surface area contributed by atoms with Crippen LogP contribution in [0.5, 0.6) is 0 Å². The third-order valence-corrected chi connectivity index (χ3v) is 7.88. The minimum Gasteiger partial charge on any atom is -0.368 e. The van der Waals surface area contributed by atoms with Gasteiger partial charge < -0.3 is 20.9 Å². The molecule has 2 aliphatic heterocycles. The molecule has 210 valence electrons. The maximum atomic E-state index is 8.28. The van der Waals surface area contributed by atoms with E-state index in [1.165, 1.54) is 11.1 Å². The van der Waals surface area contributed by atoms with Gasteiger partial charge in [-0.25, -0.2) is 0 Å². The van der Waals surface area contributed by atoms with Gasteiger partial charge in [0.05, 0.1) is 11.8 Å². The topological polar surface area (TPSA) is 107 Å². The smallest absolute Gasteiger partial charge is 0.223 e. The van der Waals surface area contributed by atoms with Crippen LogP contribution >= 0.6 is 12.2 Å². The van der Waals surface area contributed by atoms with Crippen molar-refractivity contribution in [2.45, 2.75) is 59.5 Å². The number of benzene rings is 1. The summed E-state index contributed by atoms with van der Waals surface area (Å²) in [5, 5.41) is 11.7. The Labute approximate surface area is 243 Å². The Kier molecular flexibility index (Phi) is 10.0. The molecule has 2 aromatic heterocycles. The normalized spacial score (nSPS) is 16.6. The summed E-state index contributed by atoms with van der Waals surface area (Å²) in [5.74, 6) is 2.42. The van der Waals surface area contributed by atoms with Gasteiger partial charge in [0.1, 0.15) is 11.6 Å². The van der Waals surface area contributed by atoms with E-state index in [2.05, 4.69) is 73.4 Å². The van der Waals surface area contributed by atoms with Crippen LogP contribution in [0.2, 0.25) is 0 Å². The summed E-state index contributed by atoms with van der Waals surface area (Å²) in [6, 6.07) is 15.4. The average molecular weight is 557 g/mol. The number of nitriles is 1. The van der Waals surface area contributed by atoms with E-state index < -0.39 is 0 Å². The fraction of sp³-hybridized carbons (Fsp3) is 0.452. The van der Waals surface area contributed by atoms with Gasteiger partial charge in [-0.05, 0) is 61.9 Å². The molecule has 40 heavy (non-hydrogen) atoms. The summed E-state index contributed by atoms with van der Waals surface area (Å²) in [7, 11) is 0. The highest BCUT2D eigenvalue weighted by atomic mass is 32.1. The fourth-order valence-electron chi connectivity index (χ4n) is 5.11. The molecule has 1 unspecified atom stereocenters. The van der Waals surface area contributed by atoms with Crippen molar-refractivity contribution in [3.63, 3.8) is 0 Å². The van der Waals surface area contributed by atoms with E-state index in [1.54, 1.807) is 0 Å². The first-order chi connectivity index (χ1) is 19.3. The number of pyridine rings is 1. The predicted molar refractivity (Wildman–Crippen MR) is 168 cm³/mol. The second kappa shape index (κ2) is 13.6. The molecule has 0 spiro atoms. The third-order valence-electron chi connectivity index (χ3n) is 7.67. The molecule has 5 rings (SSSR count). The number of anilines is 3. The zero-order chi connectivity index (χ0) is 28.6. The Morgan fingerprint density at radius 1 is 1.07 bits per heavy atom. The predicted octanol–water partition coefficient (Wildman–Crippen LogP) is 5.17. The Morgan fingerprint density at radius 2 is 1.77 bits per heavy atom. The number of nitrogens with two attached hydrogens (primary N) is 1. The maximum absolute atomic E-state index is 8.28. The van der Waals surface area contributed by atoms with Crippen LogP contribution in [0, 0.1) is 17.2 Å². The number of nitrogens with zero attached hydrogens (tertiary/aromatic N) is 6. The standard InChI is InChI=1S/C25H29N7S.C6H11N/c1-16-11-18-3-4-19(20-5-6-22(17(2)33)28-14-20)12-21(18)15-32(16)24-13-23(29-25(26)30-24)31-9-7-27-8-10-31;1-3-6(4-2)5-7/h3-6,12-14,16,27H,7-11,15H2,1-2H3,(H2,26,29,30);6H,3-4H2,1-2H3. The first kappa shape index (κ1) is 29.4. The lowest BCUT2D eigenvalue weighted by Crippen LogP contribution is -2.44. The lowest BCUT2D eigenvalue weighted by molar-refractivity contribution is 0.578. The molecule has 4 heterocycles. The van der Waals surface area contributed by atoms with Crippen molar-refractivity contribution in [1.82, 2.24) is 20.3 Å². The molecule has 1 saturated heterocycles. The number of thiocarbonyl (C=S) groups is 1. The van der Waals surface area contributed by atoms with E-state index in [0.717, 1.165) is 85.3 Å². The van der Waals surface area contributed by atoms with Crippen LogP contribution in [0.1, 0.15) is 57.4 Å². The number of piperazine rings is 1. The third kappa shape index (κ3) is 7.12. The van der Waals surface area contributed by atoms with Crippen molar-refractivity contribution in [3.8, 4) is 17.2 Å². The van der Waals surface area contributed by atoms with Gasteiger partial charge in [-0.2, -0.15) is 15.2 Å². The first-order valence-electron chi connectivity index (χ1n) is 14.2. The summed E-state index contributed by atoms with van der Waals surface area (Å²) < 4.78 is 0. The zero-order valence-corrected chi connectivity index (χ0v) is 24.8. The van der Waals surface area contributed by atoms with Gasteiger partial charge in [0.25, 0.3) is 0 Å². The van der Waals surface area contributed by atoms with E-state index in [0.29, 0.717) is 17.9 Å². The van der Waals surface area contributed by atoms with Crippen molar-refractivity contribution in [1.29, 1.82) is 5.26 Å². The highest BCUT2D eigenvalue weighted by Gasteiger charge is 2.26. The van der Waals surface area contributed by atoms with Crippen molar-refractivity contribution in [2.24, 2.45) is 5.92 Å². The zero-order valence-electron chi connectivity index (χ0n) is 24.0. The number of fused-ring (bicyclic) bond motifs is 1. The Balaban J connectivity index is 0.000000470. The molecular formula is C31H40N8S. The van der Waals surface area contributed by atoms with Gasteiger partial charge in [-0.1, -0.05) is 44.3 Å². The van der Waals surface area contributed by atoms with E-state index in [4.69, 9.17) is 23.2 Å². The molecule has 1 aromatic carbocycles. The number of aromatic nitrogens is 3. The lowest BCUT2D eigenvalue weighted by Gasteiger charge is -2.37. The van der Waals surface area contributed by atoms with E-state index >= 15 is 0 Å². The molecule has 8 nitrogen and oxygen atoms in total. The lowest BCUT2D eigenvalue weighted by atomic mass is 9.92. The Hall–Kier alpha value is -3.61. The van der Waals surface area contributed by atoms with Gasteiger partial charge >= 0.3 is 0 Å². The van der Waals surface area contributed by atoms with Gasteiger partial charge in [-0.3, -0.25) is 4.98 Å². The summed E-state index contributed by atoms with van der Waals surface area (Å²) in [4.78, 5) is 19.1. The van der Waals surface area contributed by atoms with Crippen LogP contribution in [0.15, 0.2) is 42.6 Å². The quantitative estimate of drug-likeness (QED) is 0.314. The summed E-state index contributed by atoms with van der Waals surface area (Å²) in [6.07, 6.45) is 4.85. The van der Waals surface area contributed by atoms with Crippen LogP contribution in [0.25, 0.3) is 11.1 Å². The van der Waals surface area contributed by atoms with Crippen LogP contribution < -0.4 is 20.9 Å². The van der Waals surface area contributed by atoms with Crippen molar-refractivity contribution >= 4 is 34.7 Å². The van der Waals surface area contributed by atoms with Crippen LogP contribution in [-0.2, 0) is 13.0 Å². The Morgan fingerprint density at radius 3 is 2.38 bits per heavy atom. The van der Waals surface area contributed by atoms with Crippen molar-refractivity contribution in [3.05, 3.63) is 59.4 Å². The molecule has 3 N–H and O–H groups in total. The number of nitrogen functional groups attached to an aromatic ring is 1. The summed E-state index contributed by atoms with van der Waals surface area (Å²) in [6.45, 7) is 12.8. The molecular weight excluding hydrogens is 516 g/mol. The number of nitrogens with one attached hydrogen (secondary N) is 1. The largest absolute Gasteiger partial charge is 0.368 e. The fourth-order valence-corrected chi connectivity index (χ4v) is 5.23. The highest BCUT2D eigenvalue weighted by Crippen LogP contribution is 2.32. The molecule has 0 radical (unpaired) electrons. The van der Waals surface area contributed by atoms with Gasteiger partial charge in [0.2, 0.25) is 5.95 Å². The van der Waals surface area contributed by atoms with E-state index in [9.17, 15) is 0 Å². The molecule has 0 aliphatic carbocycles. The average Bonchev–Trinajstić information content (AvgIpc) is 2.98. The number of rotatable bonds is 6. The minimum absolute atomic E-state index is 0.292. The van der Waals surface area contributed by atoms with Gasteiger partial charge in [0.15, 0.2) is 0 Å². The monoisotopic (exact) mass is 556 g/mol. The molecule has 1 fully saturated rings. The molecule has 0 bridgehead atoms. The summed E-state index contributed by atoms with van der Waals surface area (Å²) >= 11 is 5.24. The second-order valence-corrected chi connectivity index (χ2v) is 11.1. The number of hydrogen-bond donors (Lipinski definition) is 2. The van der Waals surface area contributed by atoms with Gasteiger partial charge in [-0.15, -0.1) is 0 Å². The summed E-state index contributed by atoms with van der Waals surface area (Å²) in [5.41, 5.74) is 11.9. The van der Waals surface area contributed by atoms with E-state index in [1.807, 2.05) is 33.0 Å². The minimum atomic E-state index is 0.292. The SMILES string of the molecule is CC(=S)c1ccc(-c2ccc3c(c2)CN(c2cc(N4CCNCC4)nc(N)n2)C(C)C3)cn1.CCC(C#N)CC. The molecule has 0 amide bonds. The molecule has 2 aliphatic rings. The second-order valence-electron chi connectivity index (χ2n) is 10.5. The molecule has 9 heteroatoms. The van der Waals surface area contributed by atoms with Crippen molar-refractivity contribution in [2.75, 3.05) is 41.7 Å². The van der Waals surface area contributed by atoms with Crippen LogP contribution in [0.4, 0.5) is 17.6 Å². The van der Waals surface area contributed by atoms with E-state index in [-0.39, 0.29) is 0 Å². The molecule has 0 saturated carbocycles. The van der Waals surface area contributed by atoms with Crippen LogP contribution in [0.3, 0.4) is 0 Å². The van der Waals surface area contributed by atoms with Crippen molar-refractivity contribution < 1.29 is 0 Å². The maximum Gasteiger partial charge on any atom is 0.223 e. The highest BCUT2D eigenvalue weighted by molar-refractivity contribution is 7.80.